The van der Waals surface area contributed by atoms with Crippen molar-refractivity contribution in [2.45, 2.75) is 38.1 Å². The van der Waals surface area contributed by atoms with Crippen LogP contribution in [-0.4, -0.2) is 46.1 Å². The van der Waals surface area contributed by atoms with Gasteiger partial charge in [0.2, 0.25) is 5.91 Å². The summed E-state index contributed by atoms with van der Waals surface area (Å²) in [6.07, 6.45) is 5.59. The quantitative estimate of drug-likeness (QED) is 0.191. The highest BCUT2D eigenvalue weighted by Crippen LogP contribution is 2.37. The number of nitrogens with zero attached hydrogens (tertiary/aromatic N) is 2. The summed E-state index contributed by atoms with van der Waals surface area (Å²) < 4.78 is 5.96. The Morgan fingerprint density at radius 3 is 2.41 bits per heavy atom. The fraction of sp³-hybridized carbons (Fsp3) is 0.175. The highest BCUT2D eigenvalue weighted by molar-refractivity contribution is 6.23. The van der Waals surface area contributed by atoms with Crippen LogP contribution in [0.3, 0.4) is 0 Å². The largest absolute Gasteiger partial charge is 0.457 e. The third kappa shape index (κ3) is 5.63. The first kappa shape index (κ1) is 30.3. The van der Waals surface area contributed by atoms with Crippen LogP contribution in [0, 0.1) is 0 Å². The second-order valence-corrected chi connectivity index (χ2v) is 12.5. The molecule has 242 valence electrons. The first-order valence-electron chi connectivity index (χ1n) is 16.5. The molecule has 9 nitrogen and oxygen atoms in total. The van der Waals surface area contributed by atoms with Gasteiger partial charge in [0.25, 0.3) is 17.7 Å². The summed E-state index contributed by atoms with van der Waals surface area (Å²) in [5, 5.41) is 6.48. The van der Waals surface area contributed by atoms with Gasteiger partial charge < -0.3 is 15.4 Å². The van der Waals surface area contributed by atoms with Gasteiger partial charge in [-0.25, -0.2) is 4.98 Å². The van der Waals surface area contributed by atoms with E-state index in [4.69, 9.17) is 9.72 Å². The summed E-state index contributed by atoms with van der Waals surface area (Å²) in [5.74, 6) is -0.159. The number of hydrogen-bond donors (Lipinski definition) is 2. The molecule has 49 heavy (non-hydrogen) atoms. The number of imide groups is 1. The molecular formula is C40H32N4O5. The van der Waals surface area contributed by atoms with Crippen molar-refractivity contribution in [3.05, 3.63) is 131 Å². The summed E-state index contributed by atoms with van der Waals surface area (Å²) in [5.41, 5.74) is 5.76. The van der Waals surface area contributed by atoms with Crippen LogP contribution in [0.5, 0.6) is 11.5 Å². The predicted octanol–water partition coefficient (Wildman–Crippen LogP) is 7.03. The molecule has 1 aliphatic carbocycles. The van der Waals surface area contributed by atoms with Crippen LogP contribution in [0.4, 0.5) is 5.69 Å². The van der Waals surface area contributed by atoms with Crippen molar-refractivity contribution in [1.82, 2.24) is 15.2 Å². The van der Waals surface area contributed by atoms with E-state index in [1.165, 1.54) is 6.07 Å². The van der Waals surface area contributed by atoms with Gasteiger partial charge in [0.05, 0.1) is 27.9 Å². The number of benzene rings is 4. The minimum atomic E-state index is -0.836. The molecule has 0 saturated carbocycles. The van der Waals surface area contributed by atoms with Crippen LogP contribution in [0.15, 0.2) is 97.1 Å². The molecule has 9 heteroatoms. The predicted molar refractivity (Wildman–Crippen MR) is 186 cm³/mol. The highest BCUT2D eigenvalue weighted by Gasteiger charge is 2.43. The zero-order chi connectivity index (χ0) is 33.5. The Hall–Kier alpha value is -6.09. The lowest BCUT2D eigenvalue weighted by molar-refractivity contribution is -0.126. The molecule has 3 heterocycles. The fourth-order valence-corrected chi connectivity index (χ4v) is 7.01. The maximum atomic E-state index is 14.2. The van der Waals surface area contributed by atoms with Gasteiger partial charge in [-0.1, -0.05) is 48.5 Å². The number of para-hydroxylation sites is 2. The van der Waals surface area contributed by atoms with E-state index < -0.39 is 17.9 Å². The number of aromatic nitrogens is 1. The summed E-state index contributed by atoms with van der Waals surface area (Å²) in [7, 11) is 0. The van der Waals surface area contributed by atoms with Crippen LogP contribution in [0.1, 0.15) is 73.6 Å². The minimum absolute atomic E-state index is 0.174. The Labute approximate surface area is 282 Å². The molecule has 2 N–H and O–H groups in total. The molecule has 0 spiro atoms. The Balaban J connectivity index is 1.10. The summed E-state index contributed by atoms with van der Waals surface area (Å²) in [4.78, 5) is 59.3. The molecule has 1 aromatic heterocycles. The molecule has 5 aromatic rings. The second kappa shape index (κ2) is 12.5. The SMILES string of the molecule is O=C(Nc1ccc2c(c1)C(=O)N(C1CCCNC1=O)C2=O)c1c2c(nc3ccccc13)/C(=C\c1ccc(Oc3ccccc3)cc1)CCC2. The molecule has 8 rings (SSSR count). The number of carbonyl (C=O) groups excluding carboxylic acids is 4. The molecule has 1 saturated heterocycles. The summed E-state index contributed by atoms with van der Waals surface area (Å²) in [6, 6.07) is 29.0. The van der Waals surface area contributed by atoms with Crippen molar-refractivity contribution < 1.29 is 23.9 Å². The van der Waals surface area contributed by atoms with E-state index in [0.29, 0.717) is 42.6 Å². The maximum Gasteiger partial charge on any atom is 0.262 e. The van der Waals surface area contributed by atoms with E-state index in [-0.39, 0.29) is 22.9 Å². The molecule has 0 bridgehead atoms. The molecule has 3 aliphatic rings. The van der Waals surface area contributed by atoms with Gasteiger partial charge in [-0.05, 0) is 103 Å². The van der Waals surface area contributed by atoms with Crippen molar-refractivity contribution in [2.75, 3.05) is 11.9 Å². The Morgan fingerprint density at radius 2 is 1.59 bits per heavy atom. The van der Waals surface area contributed by atoms with Crippen LogP contribution >= 0.6 is 0 Å². The van der Waals surface area contributed by atoms with E-state index >= 15 is 0 Å². The van der Waals surface area contributed by atoms with Crippen molar-refractivity contribution >= 4 is 51.9 Å². The number of allylic oxidation sites excluding steroid dienone is 1. The van der Waals surface area contributed by atoms with Gasteiger partial charge in [-0.15, -0.1) is 0 Å². The Morgan fingerprint density at radius 1 is 0.837 bits per heavy atom. The maximum absolute atomic E-state index is 14.2. The molecule has 4 aromatic carbocycles. The van der Waals surface area contributed by atoms with E-state index in [2.05, 4.69) is 16.7 Å². The molecule has 4 amide bonds. The average molecular weight is 649 g/mol. The summed E-state index contributed by atoms with van der Waals surface area (Å²) >= 11 is 0. The number of ether oxygens (including phenoxy) is 1. The molecule has 1 unspecified atom stereocenters. The number of anilines is 1. The summed E-state index contributed by atoms with van der Waals surface area (Å²) in [6.45, 7) is 0.525. The first-order valence-corrected chi connectivity index (χ1v) is 16.5. The molecule has 1 fully saturated rings. The number of piperidine rings is 1. The van der Waals surface area contributed by atoms with Crippen molar-refractivity contribution in [2.24, 2.45) is 0 Å². The van der Waals surface area contributed by atoms with E-state index in [1.807, 2.05) is 78.9 Å². The number of nitrogens with one attached hydrogen (secondary N) is 2. The zero-order valence-electron chi connectivity index (χ0n) is 26.6. The molecule has 2 aliphatic heterocycles. The minimum Gasteiger partial charge on any atom is -0.457 e. The second-order valence-electron chi connectivity index (χ2n) is 12.5. The van der Waals surface area contributed by atoms with E-state index in [1.54, 1.807) is 12.1 Å². The average Bonchev–Trinajstić information content (AvgIpc) is 3.37. The van der Waals surface area contributed by atoms with Crippen LogP contribution in [0.25, 0.3) is 22.6 Å². The lowest BCUT2D eigenvalue weighted by atomic mass is 9.85. The third-order valence-electron chi connectivity index (χ3n) is 9.34. The van der Waals surface area contributed by atoms with Crippen molar-refractivity contribution in [1.29, 1.82) is 0 Å². The first-order chi connectivity index (χ1) is 23.9. The van der Waals surface area contributed by atoms with Gasteiger partial charge in [-0.3, -0.25) is 24.1 Å². The number of carbonyl (C=O) groups is 4. The standard InChI is InChI=1S/C40H32N4O5/c45-37-34(14-7-21-41-37)44-39(47)29-20-17-26(23-32(29)40(44)48)42-38(46)35-30-11-4-5-13-33(30)43-36-25(8-6-12-31(35)36)22-24-15-18-28(19-16-24)49-27-9-2-1-3-10-27/h1-5,9-11,13,15-20,22-23,34H,6-8,12,14,21H2,(H,41,45)(H,42,46)/b25-22-. The third-order valence-corrected chi connectivity index (χ3v) is 9.34. The topological polar surface area (TPSA) is 118 Å². The van der Waals surface area contributed by atoms with E-state index in [0.717, 1.165) is 57.0 Å². The number of amides is 4. The highest BCUT2D eigenvalue weighted by atomic mass is 16.5. The fourth-order valence-electron chi connectivity index (χ4n) is 7.01. The zero-order valence-corrected chi connectivity index (χ0v) is 26.6. The van der Waals surface area contributed by atoms with Crippen molar-refractivity contribution in [3.63, 3.8) is 0 Å². The Kier molecular flexibility index (Phi) is 7.72. The van der Waals surface area contributed by atoms with Gasteiger partial charge in [0.1, 0.15) is 17.5 Å². The lowest BCUT2D eigenvalue weighted by Gasteiger charge is -2.28. The van der Waals surface area contributed by atoms with Crippen molar-refractivity contribution in [3.8, 4) is 11.5 Å². The smallest absolute Gasteiger partial charge is 0.262 e. The number of rotatable bonds is 6. The normalized spacial score (nSPS) is 17.9. The molecule has 1 atom stereocenters. The number of fused-ring (bicyclic) bond motifs is 3. The van der Waals surface area contributed by atoms with Gasteiger partial charge >= 0.3 is 0 Å². The van der Waals surface area contributed by atoms with Gasteiger partial charge in [0, 0.05) is 17.6 Å². The number of hydrogen-bond acceptors (Lipinski definition) is 6. The van der Waals surface area contributed by atoms with Crippen LogP contribution in [0.2, 0.25) is 0 Å². The van der Waals surface area contributed by atoms with E-state index in [9.17, 15) is 19.2 Å². The van der Waals surface area contributed by atoms with Crippen LogP contribution < -0.4 is 15.4 Å². The van der Waals surface area contributed by atoms with Gasteiger partial charge in [0.15, 0.2) is 0 Å². The molecular weight excluding hydrogens is 616 g/mol. The molecule has 0 radical (unpaired) electrons. The van der Waals surface area contributed by atoms with Gasteiger partial charge in [-0.2, -0.15) is 0 Å². The monoisotopic (exact) mass is 648 g/mol. The number of pyridine rings is 1. The lowest BCUT2D eigenvalue weighted by Crippen LogP contribution is -2.52. The Bertz CT molecular complexity index is 2190. The van der Waals surface area contributed by atoms with Crippen LogP contribution in [-0.2, 0) is 11.2 Å².